The fourth-order valence-corrected chi connectivity index (χ4v) is 2.46. The lowest BCUT2D eigenvalue weighted by Crippen LogP contribution is -2.31. The Bertz CT molecular complexity index is 379. The molecule has 1 atom stereocenters. The SMILES string of the molecule is CCCc1nn(C)c(NC(C)C2CCC2)c1N. The zero-order valence-corrected chi connectivity index (χ0v) is 11.2. The van der Waals surface area contributed by atoms with Crippen molar-refractivity contribution in [3.05, 3.63) is 5.69 Å². The first-order valence-corrected chi connectivity index (χ1v) is 6.71. The fourth-order valence-electron chi connectivity index (χ4n) is 2.46. The Labute approximate surface area is 104 Å². The maximum Gasteiger partial charge on any atom is 0.147 e. The molecule has 1 unspecified atom stereocenters. The molecule has 1 heterocycles. The van der Waals surface area contributed by atoms with Crippen molar-refractivity contribution in [3.63, 3.8) is 0 Å². The first kappa shape index (κ1) is 12.3. The van der Waals surface area contributed by atoms with Crippen LogP contribution in [0.15, 0.2) is 0 Å². The fraction of sp³-hybridized carbons (Fsp3) is 0.769. The van der Waals surface area contributed by atoms with Gasteiger partial charge >= 0.3 is 0 Å². The molecule has 1 aromatic rings. The molecule has 4 nitrogen and oxygen atoms in total. The topological polar surface area (TPSA) is 55.9 Å². The molecule has 2 rings (SSSR count). The molecule has 1 aliphatic rings. The highest BCUT2D eigenvalue weighted by atomic mass is 15.3. The number of nitrogens with one attached hydrogen (secondary N) is 1. The maximum atomic E-state index is 6.15. The van der Waals surface area contributed by atoms with Gasteiger partial charge in [-0.25, -0.2) is 0 Å². The molecule has 3 N–H and O–H groups in total. The van der Waals surface area contributed by atoms with Crippen molar-refractivity contribution < 1.29 is 0 Å². The third-order valence-electron chi connectivity index (χ3n) is 3.87. The van der Waals surface area contributed by atoms with E-state index < -0.39 is 0 Å². The summed E-state index contributed by atoms with van der Waals surface area (Å²) in [7, 11) is 1.96. The summed E-state index contributed by atoms with van der Waals surface area (Å²) >= 11 is 0. The van der Waals surface area contributed by atoms with Crippen LogP contribution in [0.2, 0.25) is 0 Å². The minimum atomic E-state index is 0.496. The number of aryl methyl sites for hydroxylation is 2. The number of rotatable bonds is 5. The van der Waals surface area contributed by atoms with E-state index in [9.17, 15) is 0 Å². The van der Waals surface area contributed by atoms with Gasteiger partial charge in [0.05, 0.1) is 11.4 Å². The number of aromatic nitrogens is 2. The van der Waals surface area contributed by atoms with E-state index in [2.05, 4.69) is 24.3 Å². The monoisotopic (exact) mass is 236 g/mol. The van der Waals surface area contributed by atoms with Crippen molar-refractivity contribution in [2.24, 2.45) is 13.0 Å². The van der Waals surface area contributed by atoms with Gasteiger partial charge in [-0.15, -0.1) is 0 Å². The van der Waals surface area contributed by atoms with Gasteiger partial charge < -0.3 is 11.1 Å². The quantitative estimate of drug-likeness (QED) is 0.826. The summed E-state index contributed by atoms with van der Waals surface area (Å²) in [5, 5.41) is 8.02. The molecule has 17 heavy (non-hydrogen) atoms. The second-order valence-electron chi connectivity index (χ2n) is 5.21. The second kappa shape index (κ2) is 4.98. The highest BCUT2D eigenvalue weighted by Gasteiger charge is 2.25. The molecule has 0 bridgehead atoms. The van der Waals surface area contributed by atoms with Crippen molar-refractivity contribution in [1.29, 1.82) is 0 Å². The molecule has 0 aliphatic heterocycles. The lowest BCUT2D eigenvalue weighted by molar-refractivity contribution is 0.284. The van der Waals surface area contributed by atoms with Crippen molar-refractivity contribution in [2.75, 3.05) is 11.1 Å². The standard InChI is InChI=1S/C13H24N4/c1-4-6-11-12(14)13(17(3)16-11)15-9(2)10-7-5-8-10/h9-10,15H,4-8,14H2,1-3H3. The van der Waals surface area contributed by atoms with Gasteiger partial charge in [-0.1, -0.05) is 19.8 Å². The molecular weight excluding hydrogens is 212 g/mol. The van der Waals surface area contributed by atoms with Gasteiger partial charge in [0.2, 0.25) is 0 Å². The molecule has 0 radical (unpaired) electrons. The third-order valence-corrected chi connectivity index (χ3v) is 3.87. The average Bonchev–Trinajstić information content (AvgIpc) is 2.44. The zero-order chi connectivity index (χ0) is 12.4. The molecule has 1 saturated carbocycles. The summed E-state index contributed by atoms with van der Waals surface area (Å²) in [4.78, 5) is 0. The Kier molecular flexibility index (Phi) is 3.60. The summed E-state index contributed by atoms with van der Waals surface area (Å²) in [6.07, 6.45) is 6.10. The van der Waals surface area contributed by atoms with Gasteiger partial charge in [-0.2, -0.15) is 5.10 Å². The van der Waals surface area contributed by atoms with Gasteiger partial charge in [-0.3, -0.25) is 4.68 Å². The minimum Gasteiger partial charge on any atom is -0.394 e. The van der Waals surface area contributed by atoms with Gasteiger partial charge in [0, 0.05) is 13.1 Å². The van der Waals surface area contributed by atoms with Crippen LogP contribution in [0.25, 0.3) is 0 Å². The predicted octanol–water partition coefficient (Wildman–Crippen LogP) is 2.56. The smallest absolute Gasteiger partial charge is 0.147 e. The van der Waals surface area contributed by atoms with Crippen molar-refractivity contribution >= 4 is 11.5 Å². The molecule has 1 fully saturated rings. The summed E-state index contributed by atoms with van der Waals surface area (Å²) < 4.78 is 1.88. The molecule has 1 aliphatic carbocycles. The van der Waals surface area contributed by atoms with Crippen molar-refractivity contribution in [3.8, 4) is 0 Å². The van der Waals surface area contributed by atoms with Gasteiger partial charge in [0.25, 0.3) is 0 Å². The Hall–Kier alpha value is -1.19. The van der Waals surface area contributed by atoms with Crippen LogP contribution < -0.4 is 11.1 Å². The second-order valence-corrected chi connectivity index (χ2v) is 5.21. The molecule has 0 amide bonds. The van der Waals surface area contributed by atoms with E-state index >= 15 is 0 Å². The van der Waals surface area contributed by atoms with Crippen LogP contribution >= 0.6 is 0 Å². The maximum absolute atomic E-state index is 6.15. The highest BCUT2D eigenvalue weighted by molar-refractivity contribution is 5.65. The average molecular weight is 236 g/mol. The number of hydrogen-bond acceptors (Lipinski definition) is 3. The Balaban J connectivity index is 2.08. The van der Waals surface area contributed by atoms with E-state index in [0.717, 1.165) is 36.0 Å². The van der Waals surface area contributed by atoms with Crippen LogP contribution in [0.4, 0.5) is 11.5 Å². The van der Waals surface area contributed by atoms with Gasteiger partial charge in [0.15, 0.2) is 0 Å². The summed E-state index contributed by atoms with van der Waals surface area (Å²) in [6, 6.07) is 0.496. The van der Waals surface area contributed by atoms with Gasteiger partial charge in [0.1, 0.15) is 5.82 Å². The van der Waals surface area contributed by atoms with E-state index in [-0.39, 0.29) is 0 Å². The first-order valence-electron chi connectivity index (χ1n) is 6.71. The molecule has 0 saturated heterocycles. The number of anilines is 2. The van der Waals surface area contributed by atoms with Crippen LogP contribution in [0.3, 0.4) is 0 Å². The predicted molar refractivity (Wildman–Crippen MR) is 72.0 cm³/mol. The minimum absolute atomic E-state index is 0.496. The van der Waals surface area contributed by atoms with Crippen LogP contribution in [-0.4, -0.2) is 15.8 Å². The van der Waals surface area contributed by atoms with Crippen LogP contribution in [-0.2, 0) is 13.5 Å². The lowest BCUT2D eigenvalue weighted by atomic mass is 9.80. The van der Waals surface area contributed by atoms with Crippen LogP contribution in [0, 0.1) is 5.92 Å². The molecule has 0 aromatic carbocycles. The van der Waals surface area contributed by atoms with Crippen LogP contribution in [0.5, 0.6) is 0 Å². The Morgan fingerprint density at radius 2 is 2.24 bits per heavy atom. The molecule has 96 valence electrons. The number of hydrogen-bond donors (Lipinski definition) is 2. The third kappa shape index (κ3) is 2.40. The van der Waals surface area contributed by atoms with E-state index in [1.807, 2.05) is 11.7 Å². The number of nitrogens with two attached hydrogens (primary N) is 1. The Morgan fingerprint density at radius 1 is 1.53 bits per heavy atom. The largest absolute Gasteiger partial charge is 0.394 e. The molecule has 0 spiro atoms. The highest BCUT2D eigenvalue weighted by Crippen LogP contribution is 2.32. The van der Waals surface area contributed by atoms with E-state index in [1.54, 1.807) is 0 Å². The first-order chi connectivity index (χ1) is 8.13. The molecule has 1 aromatic heterocycles. The zero-order valence-electron chi connectivity index (χ0n) is 11.2. The molecular formula is C13H24N4. The van der Waals surface area contributed by atoms with E-state index in [0.29, 0.717) is 6.04 Å². The summed E-state index contributed by atoms with van der Waals surface area (Å²) in [6.45, 7) is 4.40. The normalized spacial score (nSPS) is 17.8. The summed E-state index contributed by atoms with van der Waals surface area (Å²) in [5.74, 6) is 1.80. The van der Waals surface area contributed by atoms with Crippen LogP contribution in [0.1, 0.15) is 45.2 Å². The molecule has 4 heteroatoms. The van der Waals surface area contributed by atoms with E-state index in [1.165, 1.54) is 19.3 Å². The number of nitrogen functional groups attached to an aromatic ring is 1. The van der Waals surface area contributed by atoms with Crippen molar-refractivity contribution in [1.82, 2.24) is 9.78 Å². The summed E-state index contributed by atoms with van der Waals surface area (Å²) in [5.41, 5.74) is 8.01. The number of nitrogens with zero attached hydrogens (tertiary/aromatic N) is 2. The lowest BCUT2D eigenvalue weighted by Gasteiger charge is -2.32. The van der Waals surface area contributed by atoms with E-state index in [4.69, 9.17) is 5.73 Å². The van der Waals surface area contributed by atoms with Crippen molar-refractivity contribution in [2.45, 2.75) is 52.0 Å². The van der Waals surface area contributed by atoms with Gasteiger partial charge in [-0.05, 0) is 32.1 Å². The Morgan fingerprint density at radius 3 is 2.76 bits per heavy atom.